The molecule has 0 bridgehead atoms. The smallest absolute Gasteiger partial charge is 0.330 e. The Balaban J connectivity index is 1.98. The summed E-state index contributed by atoms with van der Waals surface area (Å²) in [5.41, 5.74) is 1.28. The fourth-order valence-electron chi connectivity index (χ4n) is 2.33. The monoisotopic (exact) mass is 402 g/mol. The molecular weight excluding hydrogens is 380 g/mol. The van der Waals surface area contributed by atoms with Gasteiger partial charge in [0, 0.05) is 25.4 Å². The van der Waals surface area contributed by atoms with Crippen molar-refractivity contribution in [3.05, 3.63) is 72.3 Å². The van der Waals surface area contributed by atoms with Gasteiger partial charge in [-0.1, -0.05) is 36.4 Å². The summed E-state index contributed by atoms with van der Waals surface area (Å²) < 4.78 is 31.4. The van der Waals surface area contributed by atoms with E-state index >= 15 is 0 Å². The van der Waals surface area contributed by atoms with Crippen molar-refractivity contribution < 1.29 is 22.7 Å². The van der Waals surface area contributed by atoms with Gasteiger partial charge in [0.1, 0.15) is 0 Å². The van der Waals surface area contributed by atoms with Crippen LogP contribution in [0.4, 0.5) is 5.69 Å². The molecule has 0 aliphatic heterocycles. The lowest BCUT2D eigenvalue weighted by atomic mass is 10.2. The molecule has 0 aliphatic carbocycles. The maximum absolute atomic E-state index is 12.7. The first kappa shape index (κ1) is 21.3. The Morgan fingerprint density at radius 2 is 1.71 bits per heavy atom. The summed E-state index contributed by atoms with van der Waals surface area (Å²) in [6.45, 7) is 1.48. The molecule has 148 valence electrons. The van der Waals surface area contributed by atoms with Crippen LogP contribution in [0.3, 0.4) is 0 Å². The third-order valence-corrected chi connectivity index (χ3v) is 5.56. The Hall–Kier alpha value is -2.97. The van der Waals surface area contributed by atoms with E-state index in [0.29, 0.717) is 5.69 Å². The van der Waals surface area contributed by atoms with Crippen molar-refractivity contribution in [2.75, 3.05) is 19.0 Å². The van der Waals surface area contributed by atoms with Gasteiger partial charge in [0.2, 0.25) is 10.0 Å². The van der Waals surface area contributed by atoms with Gasteiger partial charge in [0.15, 0.2) is 6.61 Å². The van der Waals surface area contributed by atoms with Crippen molar-refractivity contribution in [1.82, 2.24) is 4.31 Å². The zero-order valence-corrected chi connectivity index (χ0v) is 16.5. The molecule has 2 aromatic carbocycles. The first-order valence-electron chi connectivity index (χ1n) is 8.52. The molecule has 0 aliphatic rings. The molecule has 0 atom stereocenters. The van der Waals surface area contributed by atoms with E-state index in [9.17, 15) is 18.0 Å². The van der Waals surface area contributed by atoms with Crippen LogP contribution in [-0.2, 0) is 30.9 Å². The average molecular weight is 402 g/mol. The molecule has 0 saturated carbocycles. The number of ether oxygens (including phenoxy) is 1. The number of allylic oxidation sites excluding steroid dienone is 1. The van der Waals surface area contributed by atoms with E-state index in [0.717, 1.165) is 5.56 Å². The molecule has 1 amide bonds. The number of amides is 1. The highest BCUT2D eigenvalue weighted by atomic mass is 32.2. The highest BCUT2D eigenvalue weighted by Crippen LogP contribution is 2.19. The molecule has 0 radical (unpaired) electrons. The van der Waals surface area contributed by atoms with Gasteiger partial charge in [0.25, 0.3) is 5.91 Å². The number of nitrogens with one attached hydrogen (secondary N) is 1. The molecule has 8 heteroatoms. The lowest BCUT2D eigenvalue weighted by Gasteiger charge is -2.17. The second kappa shape index (κ2) is 9.82. The Morgan fingerprint density at radius 3 is 2.32 bits per heavy atom. The molecule has 7 nitrogen and oxygen atoms in total. The molecule has 0 unspecified atom stereocenters. The molecule has 0 aromatic heterocycles. The van der Waals surface area contributed by atoms with Crippen molar-refractivity contribution in [1.29, 1.82) is 0 Å². The molecule has 2 rings (SSSR count). The summed E-state index contributed by atoms with van der Waals surface area (Å²) in [5, 5.41) is 2.54. The van der Waals surface area contributed by atoms with Gasteiger partial charge < -0.3 is 10.1 Å². The van der Waals surface area contributed by atoms with Crippen molar-refractivity contribution in [3.63, 3.8) is 0 Å². The van der Waals surface area contributed by atoms with Crippen molar-refractivity contribution in [2.45, 2.75) is 18.4 Å². The Kier molecular flexibility index (Phi) is 7.48. The van der Waals surface area contributed by atoms with Crippen LogP contribution in [0.2, 0.25) is 0 Å². The number of hydrogen-bond acceptors (Lipinski definition) is 5. The number of carbonyl (C=O) groups is 2. The molecule has 28 heavy (non-hydrogen) atoms. The van der Waals surface area contributed by atoms with Gasteiger partial charge in [-0.15, -0.1) is 0 Å². The van der Waals surface area contributed by atoms with Gasteiger partial charge in [-0.25, -0.2) is 13.2 Å². The lowest BCUT2D eigenvalue weighted by Crippen LogP contribution is -2.26. The van der Waals surface area contributed by atoms with Gasteiger partial charge in [-0.2, -0.15) is 4.31 Å². The zero-order valence-electron chi connectivity index (χ0n) is 15.7. The summed E-state index contributed by atoms with van der Waals surface area (Å²) >= 11 is 0. The Bertz CT molecular complexity index is 938. The van der Waals surface area contributed by atoms with Crippen LogP contribution in [0.25, 0.3) is 0 Å². The maximum atomic E-state index is 12.7. The van der Waals surface area contributed by atoms with Crippen LogP contribution in [0.1, 0.15) is 12.5 Å². The minimum atomic E-state index is -3.67. The summed E-state index contributed by atoms with van der Waals surface area (Å²) in [4.78, 5) is 23.1. The van der Waals surface area contributed by atoms with Crippen molar-refractivity contribution in [3.8, 4) is 0 Å². The van der Waals surface area contributed by atoms with Crippen LogP contribution in [0.5, 0.6) is 0 Å². The quantitative estimate of drug-likeness (QED) is 0.541. The number of rotatable bonds is 8. The van der Waals surface area contributed by atoms with Gasteiger partial charge >= 0.3 is 5.97 Å². The van der Waals surface area contributed by atoms with E-state index in [4.69, 9.17) is 4.74 Å². The standard InChI is InChI=1S/C20H22N2O5S/c1-3-7-20(24)27-15-19(23)21-17-10-12-18(13-11-17)28(25,26)22(2)14-16-8-5-4-6-9-16/h3-13H,14-15H2,1-2H3,(H,21,23)/b7-3+. The summed E-state index contributed by atoms with van der Waals surface area (Å²) in [5.74, 6) is -1.13. The number of nitrogens with zero attached hydrogens (tertiary/aromatic N) is 1. The Morgan fingerprint density at radius 1 is 1.07 bits per heavy atom. The molecule has 0 heterocycles. The Labute approximate surface area is 164 Å². The zero-order chi connectivity index (χ0) is 20.6. The van der Waals surface area contributed by atoms with Gasteiger partial charge in [-0.3, -0.25) is 4.79 Å². The van der Waals surface area contributed by atoms with Gasteiger partial charge in [0.05, 0.1) is 4.90 Å². The average Bonchev–Trinajstić information content (AvgIpc) is 2.68. The van der Waals surface area contributed by atoms with Crippen LogP contribution in [0, 0.1) is 0 Å². The second-order valence-electron chi connectivity index (χ2n) is 5.93. The number of esters is 1. The van der Waals surface area contributed by atoms with Crippen LogP contribution >= 0.6 is 0 Å². The summed E-state index contributed by atoms with van der Waals surface area (Å²) in [7, 11) is -2.16. The van der Waals surface area contributed by atoms with Crippen molar-refractivity contribution >= 4 is 27.6 Å². The highest BCUT2D eigenvalue weighted by molar-refractivity contribution is 7.89. The number of benzene rings is 2. The summed E-state index contributed by atoms with van der Waals surface area (Å²) in [6.07, 6.45) is 2.72. The number of sulfonamides is 1. The van der Waals surface area contributed by atoms with E-state index in [1.165, 1.54) is 47.8 Å². The third kappa shape index (κ3) is 6.04. The summed E-state index contributed by atoms with van der Waals surface area (Å²) in [6, 6.07) is 15.1. The van der Waals surface area contributed by atoms with Crippen LogP contribution in [-0.4, -0.2) is 38.3 Å². The van der Waals surface area contributed by atoms with E-state index in [1.54, 1.807) is 6.92 Å². The number of carbonyl (C=O) groups excluding carboxylic acids is 2. The lowest BCUT2D eigenvalue weighted by molar-refractivity contribution is -0.142. The van der Waals surface area contributed by atoms with E-state index < -0.39 is 28.5 Å². The normalized spacial score (nSPS) is 11.5. The number of anilines is 1. The van der Waals surface area contributed by atoms with Gasteiger partial charge in [-0.05, 0) is 36.8 Å². The molecule has 2 aromatic rings. The minimum Gasteiger partial charge on any atom is -0.452 e. The molecular formula is C20H22N2O5S. The van der Waals surface area contributed by atoms with E-state index in [2.05, 4.69) is 5.32 Å². The molecule has 1 N–H and O–H groups in total. The third-order valence-electron chi connectivity index (χ3n) is 3.74. The first-order chi connectivity index (χ1) is 13.3. The van der Waals surface area contributed by atoms with Crippen LogP contribution < -0.4 is 5.32 Å². The van der Waals surface area contributed by atoms with Crippen molar-refractivity contribution in [2.24, 2.45) is 0 Å². The molecule has 0 spiro atoms. The fourth-order valence-corrected chi connectivity index (χ4v) is 3.49. The van der Waals surface area contributed by atoms with E-state index in [-0.39, 0.29) is 11.4 Å². The predicted octanol–water partition coefficient (Wildman–Crippen LogP) is 2.57. The van der Waals surface area contributed by atoms with E-state index in [1.807, 2.05) is 30.3 Å². The van der Waals surface area contributed by atoms with Crippen LogP contribution in [0.15, 0.2) is 71.6 Å². The fraction of sp³-hybridized carbons (Fsp3) is 0.200. The maximum Gasteiger partial charge on any atom is 0.330 e. The SMILES string of the molecule is C/C=C/C(=O)OCC(=O)Nc1ccc(S(=O)(=O)N(C)Cc2ccccc2)cc1. The second-order valence-corrected chi connectivity index (χ2v) is 7.97. The highest BCUT2D eigenvalue weighted by Gasteiger charge is 2.20. The topological polar surface area (TPSA) is 92.8 Å². The largest absolute Gasteiger partial charge is 0.452 e. The first-order valence-corrected chi connectivity index (χ1v) is 9.96. The minimum absolute atomic E-state index is 0.114. The molecule has 0 fully saturated rings. The molecule has 0 saturated heterocycles. The number of hydrogen-bond donors (Lipinski definition) is 1. The predicted molar refractivity (Wildman–Crippen MR) is 106 cm³/mol.